The summed E-state index contributed by atoms with van der Waals surface area (Å²) in [5.41, 5.74) is 2.81. The number of rotatable bonds is 12. The molecule has 0 fully saturated rings. The average molecular weight is 522 g/mol. The van der Waals surface area contributed by atoms with E-state index < -0.39 is 0 Å². The molecule has 0 saturated heterocycles. The molecule has 0 bridgehead atoms. The van der Waals surface area contributed by atoms with Crippen molar-refractivity contribution in [2.24, 2.45) is 0 Å². The van der Waals surface area contributed by atoms with E-state index in [0.29, 0.717) is 36.7 Å². The second-order valence-electron chi connectivity index (χ2n) is 8.73. The summed E-state index contributed by atoms with van der Waals surface area (Å²) in [7, 11) is 3.21. The van der Waals surface area contributed by atoms with E-state index >= 15 is 0 Å². The predicted octanol–water partition coefficient (Wildman–Crippen LogP) is 5.67. The molecule has 0 atom stereocenters. The molecule has 7 nitrogen and oxygen atoms in total. The topological polar surface area (TPSA) is 71.1 Å². The van der Waals surface area contributed by atoms with E-state index in [1.165, 1.54) is 9.78 Å². The zero-order valence-electron chi connectivity index (χ0n) is 22.0. The lowest BCUT2D eigenvalue weighted by atomic mass is 10.1. The lowest BCUT2D eigenvalue weighted by Crippen LogP contribution is -2.44. The summed E-state index contributed by atoms with van der Waals surface area (Å²) in [4.78, 5) is 32.1. The second kappa shape index (κ2) is 13.5. The number of ether oxygens (including phenoxy) is 2. The van der Waals surface area contributed by atoms with Gasteiger partial charge in [-0.15, -0.1) is 17.9 Å². The van der Waals surface area contributed by atoms with Gasteiger partial charge in [0.05, 0.1) is 20.8 Å². The largest absolute Gasteiger partial charge is 0.493 e. The molecular weight excluding hydrogens is 486 g/mol. The fourth-order valence-corrected chi connectivity index (χ4v) is 4.73. The molecular formula is C29H35N3O4S. The number of benzene rings is 2. The van der Waals surface area contributed by atoms with E-state index in [4.69, 9.17) is 9.47 Å². The highest BCUT2D eigenvalue weighted by atomic mass is 32.1. The molecule has 2 aromatic carbocycles. The molecule has 1 aromatic heterocycles. The van der Waals surface area contributed by atoms with Crippen LogP contribution in [0.1, 0.15) is 20.9 Å². The summed E-state index contributed by atoms with van der Waals surface area (Å²) < 4.78 is 10.8. The number of thiophene rings is 1. The van der Waals surface area contributed by atoms with Crippen molar-refractivity contribution >= 4 is 29.0 Å². The highest BCUT2D eigenvalue weighted by Crippen LogP contribution is 2.28. The Kier molecular flexibility index (Phi) is 10.1. The molecule has 1 heterocycles. The normalized spacial score (nSPS) is 10.5. The minimum atomic E-state index is -0.344. The van der Waals surface area contributed by atoms with Crippen LogP contribution in [-0.2, 0) is 17.8 Å². The Labute approximate surface area is 223 Å². The first kappa shape index (κ1) is 27.8. The lowest BCUT2D eigenvalue weighted by molar-refractivity contribution is -0.132. The van der Waals surface area contributed by atoms with Gasteiger partial charge in [-0.25, -0.2) is 4.79 Å². The number of hydrogen-bond donors (Lipinski definition) is 1. The molecule has 8 heteroatoms. The number of methoxy groups -OCH3 is 2. The van der Waals surface area contributed by atoms with Gasteiger partial charge in [0.1, 0.15) is 6.54 Å². The molecule has 37 heavy (non-hydrogen) atoms. The Hall–Kier alpha value is -3.78. The molecule has 1 N–H and O–H groups in total. The van der Waals surface area contributed by atoms with Gasteiger partial charge < -0.3 is 24.6 Å². The standard InChI is InChI=1S/C29H35N3O4S/c1-6-16-32(29(34)30-24-11-7-21(2)8-12-24)20-28(33)31(19-25-13-9-22(3)37-25)17-15-23-10-14-26(35-4)27(18-23)36-5/h6-14,18H,1,15-17,19-20H2,2-5H3,(H,30,34). The van der Waals surface area contributed by atoms with Crippen LogP contribution in [0.25, 0.3) is 0 Å². The van der Waals surface area contributed by atoms with Crippen LogP contribution < -0.4 is 14.8 Å². The highest BCUT2D eigenvalue weighted by Gasteiger charge is 2.22. The van der Waals surface area contributed by atoms with Crippen molar-refractivity contribution in [1.29, 1.82) is 0 Å². The Morgan fingerprint density at radius 2 is 1.70 bits per heavy atom. The number of urea groups is 1. The Morgan fingerprint density at radius 3 is 2.32 bits per heavy atom. The van der Waals surface area contributed by atoms with E-state index in [1.54, 1.807) is 36.5 Å². The molecule has 0 aliphatic rings. The maximum Gasteiger partial charge on any atom is 0.322 e. The number of amides is 3. The van der Waals surface area contributed by atoms with Crippen molar-refractivity contribution in [2.45, 2.75) is 26.8 Å². The molecule has 0 unspecified atom stereocenters. The van der Waals surface area contributed by atoms with Crippen LogP contribution in [0.2, 0.25) is 0 Å². The zero-order valence-corrected chi connectivity index (χ0v) is 22.8. The summed E-state index contributed by atoms with van der Waals surface area (Å²) in [6.45, 7) is 8.97. The lowest BCUT2D eigenvalue weighted by Gasteiger charge is -2.27. The maximum atomic E-state index is 13.5. The Morgan fingerprint density at radius 1 is 0.973 bits per heavy atom. The van der Waals surface area contributed by atoms with Crippen molar-refractivity contribution in [3.8, 4) is 11.5 Å². The quantitative estimate of drug-likeness (QED) is 0.312. The number of aryl methyl sites for hydroxylation is 2. The average Bonchev–Trinajstić information content (AvgIpc) is 3.31. The van der Waals surface area contributed by atoms with Gasteiger partial charge in [-0.1, -0.05) is 29.8 Å². The van der Waals surface area contributed by atoms with Crippen molar-refractivity contribution in [3.05, 3.63) is 88.1 Å². The van der Waals surface area contributed by atoms with E-state index in [0.717, 1.165) is 16.0 Å². The molecule has 3 aromatic rings. The van der Waals surface area contributed by atoms with E-state index in [9.17, 15) is 9.59 Å². The van der Waals surface area contributed by atoms with Gasteiger partial charge in [0.25, 0.3) is 0 Å². The molecule has 0 saturated carbocycles. The molecule has 196 valence electrons. The van der Waals surface area contributed by atoms with Crippen molar-refractivity contribution in [2.75, 3.05) is 39.2 Å². The third-order valence-corrected chi connectivity index (χ3v) is 6.86. The molecule has 3 rings (SSSR count). The Bertz CT molecular complexity index is 1210. The number of carbonyl (C=O) groups is 2. The minimum Gasteiger partial charge on any atom is -0.493 e. The van der Waals surface area contributed by atoms with Gasteiger partial charge in [-0.3, -0.25) is 4.79 Å². The second-order valence-corrected chi connectivity index (χ2v) is 10.1. The first-order chi connectivity index (χ1) is 17.8. The van der Waals surface area contributed by atoms with Crippen LogP contribution in [0.5, 0.6) is 11.5 Å². The fraction of sp³-hybridized carbons (Fsp3) is 0.310. The molecule has 3 amide bonds. The van der Waals surface area contributed by atoms with Crippen LogP contribution in [-0.4, -0.2) is 55.6 Å². The number of hydrogen-bond acceptors (Lipinski definition) is 5. The van der Waals surface area contributed by atoms with Crippen molar-refractivity contribution in [3.63, 3.8) is 0 Å². The monoisotopic (exact) mass is 521 g/mol. The maximum absolute atomic E-state index is 13.5. The van der Waals surface area contributed by atoms with Crippen LogP contribution in [0.15, 0.2) is 67.3 Å². The highest BCUT2D eigenvalue weighted by molar-refractivity contribution is 7.11. The molecule has 0 aliphatic carbocycles. The fourth-order valence-electron chi connectivity index (χ4n) is 3.83. The van der Waals surface area contributed by atoms with E-state index in [-0.39, 0.29) is 25.0 Å². The van der Waals surface area contributed by atoms with Crippen LogP contribution in [0, 0.1) is 13.8 Å². The minimum absolute atomic E-state index is 0.0555. The van der Waals surface area contributed by atoms with E-state index in [2.05, 4.69) is 18.0 Å². The number of nitrogens with zero attached hydrogens (tertiary/aromatic N) is 2. The first-order valence-electron chi connectivity index (χ1n) is 12.1. The van der Waals surface area contributed by atoms with Crippen molar-refractivity contribution in [1.82, 2.24) is 9.80 Å². The third-order valence-electron chi connectivity index (χ3n) is 5.88. The summed E-state index contributed by atoms with van der Waals surface area (Å²) in [5, 5.41) is 2.88. The number of nitrogens with one attached hydrogen (secondary N) is 1. The van der Waals surface area contributed by atoms with E-state index in [1.807, 2.05) is 62.4 Å². The van der Waals surface area contributed by atoms with Gasteiger partial charge in [-0.05, 0) is 62.2 Å². The van der Waals surface area contributed by atoms with Gasteiger partial charge >= 0.3 is 6.03 Å². The van der Waals surface area contributed by atoms with Gasteiger partial charge in [0, 0.05) is 28.5 Å². The molecule has 0 spiro atoms. The summed E-state index contributed by atoms with van der Waals surface area (Å²) >= 11 is 1.67. The van der Waals surface area contributed by atoms with Gasteiger partial charge in [0.2, 0.25) is 5.91 Å². The number of carbonyl (C=O) groups excluding carboxylic acids is 2. The van der Waals surface area contributed by atoms with Crippen LogP contribution in [0.4, 0.5) is 10.5 Å². The van der Waals surface area contributed by atoms with Crippen LogP contribution in [0.3, 0.4) is 0 Å². The van der Waals surface area contributed by atoms with Gasteiger partial charge in [-0.2, -0.15) is 0 Å². The zero-order chi connectivity index (χ0) is 26.8. The predicted molar refractivity (Wildman–Crippen MR) is 150 cm³/mol. The molecule has 0 aliphatic heterocycles. The van der Waals surface area contributed by atoms with Crippen LogP contribution >= 0.6 is 11.3 Å². The number of anilines is 1. The van der Waals surface area contributed by atoms with Gasteiger partial charge in [0.15, 0.2) is 11.5 Å². The summed E-state index contributed by atoms with van der Waals surface area (Å²) in [6, 6.07) is 17.1. The Balaban J connectivity index is 1.74. The smallest absolute Gasteiger partial charge is 0.322 e. The van der Waals surface area contributed by atoms with Crippen molar-refractivity contribution < 1.29 is 19.1 Å². The summed E-state index contributed by atoms with van der Waals surface area (Å²) in [6.07, 6.45) is 2.26. The first-order valence-corrected chi connectivity index (χ1v) is 12.9. The third kappa shape index (κ3) is 8.11. The SMILES string of the molecule is C=CCN(CC(=O)N(CCc1ccc(OC)c(OC)c1)Cc1ccc(C)s1)C(=O)Nc1ccc(C)cc1. The molecule has 0 radical (unpaired) electrons. The summed E-state index contributed by atoms with van der Waals surface area (Å²) in [5.74, 6) is 1.18.